The molecule has 1 heterocycles. The molecule has 1 aliphatic heterocycles. The lowest BCUT2D eigenvalue weighted by Crippen LogP contribution is -2.59. The second-order valence-corrected chi connectivity index (χ2v) is 7.51. The Morgan fingerprint density at radius 3 is 2.00 bits per heavy atom. The number of morpholine rings is 1. The summed E-state index contributed by atoms with van der Waals surface area (Å²) in [5, 5.41) is 8.60. The molecule has 1 aliphatic rings. The SMILES string of the molecule is CC1(C)CN(S(=O)(=O)CC(=O)O)CC(C)(C)O1. The van der Waals surface area contributed by atoms with Crippen molar-refractivity contribution in [3.8, 4) is 0 Å². The van der Waals surface area contributed by atoms with E-state index in [0.717, 1.165) is 0 Å². The molecule has 0 amide bonds. The lowest BCUT2D eigenvalue weighted by Gasteiger charge is -2.46. The molecule has 17 heavy (non-hydrogen) atoms. The Balaban J connectivity index is 2.95. The summed E-state index contributed by atoms with van der Waals surface area (Å²) < 4.78 is 30.7. The topological polar surface area (TPSA) is 83.9 Å². The van der Waals surface area contributed by atoms with Gasteiger partial charge in [0, 0.05) is 13.1 Å². The fourth-order valence-corrected chi connectivity index (χ4v) is 3.67. The lowest BCUT2D eigenvalue weighted by molar-refractivity contribution is -0.164. The van der Waals surface area contributed by atoms with Crippen molar-refractivity contribution in [2.75, 3.05) is 18.8 Å². The van der Waals surface area contributed by atoms with Gasteiger partial charge >= 0.3 is 5.97 Å². The highest BCUT2D eigenvalue weighted by molar-refractivity contribution is 7.89. The summed E-state index contributed by atoms with van der Waals surface area (Å²) in [7, 11) is -3.77. The Morgan fingerprint density at radius 2 is 1.65 bits per heavy atom. The van der Waals surface area contributed by atoms with Gasteiger partial charge in [-0.1, -0.05) is 0 Å². The van der Waals surface area contributed by atoms with Gasteiger partial charge in [0.15, 0.2) is 5.75 Å². The van der Waals surface area contributed by atoms with Crippen molar-refractivity contribution in [2.24, 2.45) is 0 Å². The highest BCUT2D eigenvalue weighted by Gasteiger charge is 2.43. The number of aliphatic carboxylic acids is 1. The van der Waals surface area contributed by atoms with E-state index in [1.54, 1.807) is 27.7 Å². The smallest absolute Gasteiger partial charge is 0.320 e. The van der Waals surface area contributed by atoms with Gasteiger partial charge in [0.1, 0.15) is 0 Å². The Hall–Kier alpha value is -0.660. The van der Waals surface area contributed by atoms with Gasteiger partial charge in [0.2, 0.25) is 10.0 Å². The molecule has 0 bridgehead atoms. The van der Waals surface area contributed by atoms with Gasteiger partial charge in [-0.2, -0.15) is 4.31 Å². The van der Waals surface area contributed by atoms with Gasteiger partial charge in [0.25, 0.3) is 0 Å². The number of sulfonamides is 1. The summed E-state index contributed by atoms with van der Waals surface area (Å²) in [5.41, 5.74) is -1.24. The maximum atomic E-state index is 11.9. The van der Waals surface area contributed by atoms with E-state index in [0.29, 0.717) is 0 Å². The first kappa shape index (κ1) is 14.4. The molecular formula is C10H19NO5S. The van der Waals surface area contributed by atoms with Gasteiger partial charge in [-0.3, -0.25) is 4.79 Å². The molecule has 1 rings (SSSR count). The molecule has 0 aromatic carbocycles. The van der Waals surface area contributed by atoms with Crippen molar-refractivity contribution < 1.29 is 23.1 Å². The normalized spacial score (nSPS) is 24.5. The van der Waals surface area contributed by atoms with Crippen LogP contribution in [-0.2, 0) is 19.6 Å². The second-order valence-electron chi connectivity index (χ2n) is 5.54. The van der Waals surface area contributed by atoms with Crippen LogP contribution in [0.1, 0.15) is 27.7 Å². The van der Waals surface area contributed by atoms with Crippen LogP contribution in [0.2, 0.25) is 0 Å². The van der Waals surface area contributed by atoms with Gasteiger partial charge in [-0.25, -0.2) is 8.42 Å². The predicted octanol–water partition coefficient (Wildman–Crippen LogP) is 0.290. The molecule has 1 fully saturated rings. The van der Waals surface area contributed by atoms with E-state index in [1.807, 2.05) is 0 Å². The van der Waals surface area contributed by atoms with Crippen LogP contribution in [0.5, 0.6) is 0 Å². The lowest BCUT2D eigenvalue weighted by atomic mass is 10.0. The van der Waals surface area contributed by atoms with Crippen molar-refractivity contribution in [3.63, 3.8) is 0 Å². The van der Waals surface area contributed by atoms with Crippen molar-refractivity contribution in [1.29, 1.82) is 0 Å². The van der Waals surface area contributed by atoms with Gasteiger partial charge in [0.05, 0.1) is 11.2 Å². The Labute approximate surface area is 102 Å². The molecule has 0 spiro atoms. The van der Waals surface area contributed by atoms with E-state index in [1.165, 1.54) is 4.31 Å². The first-order chi connectivity index (χ1) is 7.44. The standard InChI is InChI=1S/C10H19NO5S/c1-9(2)6-11(7-10(3,4)16-9)17(14,15)5-8(12)13/h5-7H2,1-4H3,(H,12,13). The predicted molar refractivity (Wildman–Crippen MR) is 62.2 cm³/mol. The Kier molecular flexibility index (Phi) is 3.58. The third kappa shape index (κ3) is 3.93. The Morgan fingerprint density at radius 1 is 1.24 bits per heavy atom. The average Bonchev–Trinajstić information content (AvgIpc) is 1.94. The maximum Gasteiger partial charge on any atom is 0.320 e. The van der Waals surface area contributed by atoms with Crippen molar-refractivity contribution >= 4 is 16.0 Å². The first-order valence-electron chi connectivity index (χ1n) is 5.33. The van der Waals surface area contributed by atoms with Crippen LogP contribution in [0.25, 0.3) is 0 Å². The van der Waals surface area contributed by atoms with E-state index in [4.69, 9.17) is 9.84 Å². The first-order valence-corrected chi connectivity index (χ1v) is 6.94. The molecule has 1 saturated heterocycles. The van der Waals surface area contributed by atoms with Crippen LogP contribution >= 0.6 is 0 Å². The largest absolute Gasteiger partial charge is 0.480 e. The third-order valence-electron chi connectivity index (χ3n) is 2.37. The average molecular weight is 265 g/mol. The number of hydrogen-bond donors (Lipinski definition) is 1. The van der Waals surface area contributed by atoms with E-state index in [-0.39, 0.29) is 13.1 Å². The van der Waals surface area contributed by atoms with Crippen molar-refractivity contribution in [2.45, 2.75) is 38.9 Å². The number of nitrogens with zero attached hydrogens (tertiary/aromatic N) is 1. The zero-order chi connectivity index (χ0) is 13.5. The number of carboxylic acids is 1. The van der Waals surface area contributed by atoms with Crippen LogP contribution in [0.4, 0.5) is 0 Å². The molecular weight excluding hydrogens is 246 g/mol. The van der Waals surface area contributed by atoms with Crippen LogP contribution in [-0.4, -0.2) is 53.8 Å². The van der Waals surface area contributed by atoms with Crippen molar-refractivity contribution in [1.82, 2.24) is 4.31 Å². The number of ether oxygens (including phenoxy) is 1. The number of carboxylic acid groups (broad SMARTS) is 1. The van der Waals surface area contributed by atoms with Gasteiger partial charge in [-0.05, 0) is 27.7 Å². The summed E-state index contributed by atoms with van der Waals surface area (Å²) in [5.74, 6) is -2.22. The van der Waals surface area contributed by atoms with E-state index < -0.39 is 32.9 Å². The molecule has 0 atom stereocenters. The molecule has 0 unspecified atom stereocenters. The monoisotopic (exact) mass is 265 g/mol. The molecule has 1 N–H and O–H groups in total. The molecule has 6 nitrogen and oxygen atoms in total. The third-order valence-corrected chi connectivity index (χ3v) is 4.02. The molecule has 7 heteroatoms. The van der Waals surface area contributed by atoms with Gasteiger partial charge < -0.3 is 9.84 Å². The molecule has 0 radical (unpaired) electrons. The molecule has 0 aromatic rings. The fraction of sp³-hybridized carbons (Fsp3) is 0.900. The quantitative estimate of drug-likeness (QED) is 0.793. The van der Waals surface area contributed by atoms with E-state index >= 15 is 0 Å². The Bertz CT molecular complexity index is 396. The maximum absolute atomic E-state index is 11.9. The highest BCUT2D eigenvalue weighted by Crippen LogP contribution is 2.29. The van der Waals surface area contributed by atoms with Crippen molar-refractivity contribution in [3.05, 3.63) is 0 Å². The summed E-state index contributed by atoms with van der Waals surface area (Å²) in [4.78, 5) is 10.5. The van der Waals surface area contributed by atoms with Crippen LogP contribution in [0.3, 0.4) is 0 Å². The van der Waals surface area contributed by atoms with Crippen LogP contribution in [0.15, 0.2) is 0 Å². The minimum Gasteiger partial charge on any atom is -0.480 e. The minimum atomic E-state index is -3.77. The number of rotatable bonds is 3. The second kappa shape index (κ2) is 4.22. The van der Waals surface area contributed by atoms with Crippen LogP contribution in [0, 0.1) is 0 Å². The van der Waals surface area contributed by atoms with E-state index in [2.05, 4.69) is 0 Å². The zero-order valence-corrected chi connectivity index (χ0v) is 11.4. The summed E-state index contributed by atoms with van der Waals surface area (Å²) in [6.07, 6.45) is 0. The molecule has 100 valence electrons. The summed E-state index contributed by atoms with van der Waals surface area (Å²) in [6, 6.07) is 0. The molecule has 0 saturated carbocycles. The van der Waals surface area contributed by atoms with E-state index in [9.17, 15) is 13.2 Å². The number of carbonyl (C=O) groups is 1. The zero-order valence-electron chi connectivity index (χ0n) is 10.6. The summed E-state index contributed by atoms with van der Waals surface area (Å²) >= 11 is 0. The molecule has 0 aromatic heterocycles. The van der Waals surface area contributed by atoms with Gasteiger partial charge in [-0.15, -0.1) is 0 Å². The summed E-state index contributed by atoms with van der Waals surface area (Å²) in [6.45, 7) is 7.50. The fourth-order valence-electron chi connectivity index (χ4n) is 2.16. The molecule has 0 aliphatic carbocycles. The minimum absolute atomic E-state index is 0.173. The number of hydrogen-bond acceptors (Lipinski definition) is 4. The van der Waals surface area contributed by atoms with Crippen LogP contribution < -0.4 is 0 Å². The highest BCUT2D eigenvalue weighted by atomic mass is 32.2.